The summed E-state index contributed by atoms with van der Waals surface area (Å²) in [5.74, 6) is -0.320. The molecular formula is C34H48BN3O7. The molecule has 2 atom stereocenters. The third-order valence-electron chi connectivity index (χ3n) is 6.65. The van der Waals surface area contributed by atoms with E-state index in [0.29, 0.717) is 29.4 Å². The van der Waals surface area contributed by atoms with Gasteiger partial charge >= 0.3 is 7.12 Å². The van der Waals surface area contributed by atoms with Crippen LogP contribution in [0.15, 0.2) is 66.7 Å². The molecule has 3 rings (SSSR count). The second-order valence-electron chi connectivity index (χ2n) is 11.0. The van der Waals surface area contributed by atoms with Crippen LogP contribution in [0, 0.1) is 5.92 Å². The van der Waals surface area contributed by atoms with Crippen molar-refractivity contribution in [2.24, 2.45) is 5.92 Å². The van der Waals surface area contributed by atoms with Gasteiger partial charge < -0.3 is 40.2 Å². The standard InChI is InChI=1S/C31H40BN3O7.C3H8/c1-20(2)14-28(32(38)39)35-29(36)19-33-31(37)25(15-21-16-26(40-3)30(42-5)27(17-21)41-4)34-24-13-9-12-23(18-24)22-10-7-6-8-11-22;1-3-2/h6-13,16-18,20,25,28,34,38-39H,14-15,19H2,1-5H3,(H,33,37)(H,35,36);3H2,1-2H3/t25?,28-;/m0./s1. The highest BCUT2D eigenvalue weighted by atomic mass is 16.5. The van der Waals surface area contributed by atoms with Crippen molar-refractivity contribution in [1.82, 2.24) is 10.6 Å². The molecule has 2 amide bonds. The number of carbonyl (C=O) groups excluding carboxylic acids is 2. The molecule has 0 aliphatic rings. The summed E-state index contributed by atoms with van der Waals surface area (Å²) < 4.78 is 16.4. The summed E-state index contributed by atoms with van der Waals surface area (Å²) in [5.41, 5.74) is 3.46. The zero-order chi connectivity index (χ0) is 33.4. The molecule has 3 aromatic rings. The zero-order valence-electron chi connectivity index (χ0n) is 27.4. The van der Waals surface area contributed by atoms with Crippen molar-refractivity contribution < 1.29 is 33.8 Å². The molecule has 0 aromatic heterocycles. The fourth-order valence-electron chi connectivity index (χ4n) is 4.63. The molecule has 0 saturated heterocycles. The van der Waals surface area contributed by atoms with E-state index in [-0.39, 0.29) is 18.9 Å². The first kappa shape index (κ1) is 37.0. The molecule has 244 valence electrons. The minimum atomic E-state index is -1.71. The summed E-state index contributed by atoms with van der Waals surface area (Å²) in [6.07, 6.45) is 1.85. The van der Waals surface area contributed by atoms with Crippen LogP contribution in [0.2, 0.25) is 0 Å². The Hall–Kier alpha value is -4.22. The number of hydrogen-bond donors (Lipinski definition) is 5. The Bertz CT molecular complexity index is 1310. The molecule has 1 unspecified atom stereocenters. The van der Waals surface area contributed by atoms with Crippen LogP contribution in [0.1, 0.15) is 46.1 Å². The van der Waals surface area contributed by atoms with Gasteiger partial charge in [0.15, 0.2) is 11.5 Å². The van der Waals surface area contributed by atoms with E-state index in [2.05, 4.69) is 29.8 Å². The molecule has 3 aromatic carbocycles. The average molecular weight is 622 g/mol. The SMILES string of the molecule is CCC.COc1cc(CC(Nc2cccc(-c3ccccc3)c2)C(=O)NCC(=O)N[C@@H](CC(C)C)B(O)O)cc(OC)c1OC. The van der Waals surface area contributed by atoms with E-state index in [1.54, 1.807) is 12.1 Å². The van der Waals surface area contributed by atoms with E-state index < -0.39 is 30.9 Å². The van der Waals surface area contributed by atoms with Crippen molar-refractivity contribution in [1.29, 1.82) is 0 Å². The predicted octanol–water partition coefficient (Wildman–Crippen LogP) is 4.48. The molecule has 0 aliphatic carbocycles. The van der Waals surface area contributed by atoms with Gasteiger partial charge in [0.1, 0.15) is 6.04 Å². The number of rotatable bonds is 15. The number of nitrogens with one attached hydrogen (secondary N) is 3. The van der Waals surface area contributed by atoms with Gasteiger partial charge in [0.25, 0.3) is 0 Å². The van der Waals surface area contributed by atoms with Crippen LogP contribution in [0.5, 0.6) is 17.2 Å². The molecule has 5 N–H and O–H groups in total. The Morgan fingerprint density at radius 1 is 0.844 bits per heavy atom. The lowest BCUT2D eigenvalue weighted by Gasteiger charge is -2.22. The smallest absolute Gasteiger partial charge is 0.475 e. The minimum Gasteiger partial charge on any atom is -0.493 e. The van der Waals surface area contributed by atoms with Crippen LogP contribution in [0.3, 0.4) is 0 Å². The maximum Gasteiger partial charge on any atom is 0.475 e. The largest absolute Gasteiger partial charge is 0.493 e. The fourth-order valence-corrected chi connectivity index (χ4v) is 4.63. The molecule has 11 heteroatoms. The average Bonchev–Trinajstić information content (AvgIpc) is 3.03. The molecule has 0 radical (unpaired) electrons. The minimum absolute atomic E-state index is 0.130. The van der Waals surface area contributed by atoms with Gasteiger partial charge in [-0.3, -0.25) is 9.59 Å². The van der Waals surface area contributed by atoms with Crippen molar-refractivity contribution in [3.63, 3.8) is 0 Å². The van der Waals surface area contributed by atoms with E-state index in [4.69, 9.17) is 14.2 Å². The molecule has 0 aliphatic heterocycles. The molecular weight excluding hydrogens is 573 g/mol. The summed E-state index contributed by atoms with van der Waals surface area (Å²) in [6.45, 7) is 7.74. The lowest BCUT2D eigenvalue weighted by molar-refractivity contribution is -0.126. The first-order valence-corrected chi connectivity index (χ1v) is 15.2. The van der Waals surface area contributed by atoms with Gasteiger partial charge in [-0.05, 0) is 53.3 Å². The third-order valence-corrected chi connectivity index (χ3v) is 6.65. The summed E-state index contributed by atoms with van der Waals surface area (Å²) in [6, 6.07) is 20.4. The lowest BCUT2D eigenvalue weighted by Crippen LogP contribution is -2.51. The van der Waals surface area contributed by atoms with Crippen molar-refractivity contribution in [3.8, 4) is 28.4 Å². The normalized spacial score (nSPS) is 11.8. The van der Waals surface area contributed by atoms with Crippen molar-refractivity contribution in [2.45, 2.75) is 58.9 Å². The molecule has 0 fully saturated rings. The van der Waals surface area contributed by atoms with Crippen LogP contribution in [-0.2, 0) is 16.0 Å². The van der Waals surface area contributed by atoms with E-state index in [1.807, 2.05) is 68.4 Å². The molecule has 45 heavy (non-hydrogen) atoms. The Kier molecular flexibility index (Phi) is 15.8. The Morgan fingerprint density at radius 3 is 1.98 bits per heavy atom. The van der Waals surface area contributed by atoms with E-state index >= 15 is 0 Å². The van der Waals surface area contributed by atoms with Crippen molar-refractivity contribution >= 4 is 24.6 Å². The Morgan fingerprint density at radius 2 is 1.44 bits per heavy atom. The van der Waals surface area contributed by atoms with Gasteiger partial charge in [-0.1, -0.05) is 76.6 Å². The first-order chi connectivity index (χ1) is 21.6. The van der Waals surface area contributed by atoms with Gasteiger partial charge in [0, 0.05) is 12.1 Å². The molecule has 10 nitrogen and oxygen atoms in total. The van der Waals surface area contributed by atoms with Gasteiger partial charge in [0.05, 0.1) is 33.8 Å². The number of methoxy groups -OCH3 is 3. The zero-order valence-corrected chi connectivity index (χ0v) is 27.4. The number of amides is 2. The van der Waals surface area contributed by atoms with E-state index in [9.17, 15) is 19.6 Å². The lowest BCUT2D eigenvalue weighted by atomic mass is 9.75. The third kappa shape index (κ3) is 12.0. The Balaban J connectivity index is 0.00000226. The fraction of sp³-hybridized carbons (Fsp3) is 0.412. The van der Waals surface area contributed by atoms with Crippen LogP contribution < -0.4 is 30.2 Å². The highest BCUT2D eigenvalue weighted by molar-refractivity contribution is 6.43. The first-order valence-electron chi connectivity index (χ1n) is 15.2. The van der Waals surface area contributed by atoms with Crippen LogP contribution in [0.4, 0.5) is 5.69 Å². The molecule has 0 heterocycles. The van der Waals surface area contributed by atoms with Crippen molar-refractivity contribution in [2.75, 3.05) is 33.2 Å². The number of anilines is 1. The quantitative estimate of drug-likeness (QED) is 0.157. The van der Waals surface area contributed by atoms with Gasteiger partial charge in [-0.25, -0.2) is 0 Å². The molecule has 0 spiro atoms. The maximum absolute atomic E-state index is 13.5. The van der Waals surface area contributed by atoms with E-state index in [0.717, 1.165) is 16.7 Å². The number of benzene rings is 3. The molecule has 0 saturated carbocycles. The Labute approximate surface area is 267 Å². The van der Waals surface area contributed by atoms with Gasteiger partial charge in [-0.2, -0.15) is 0 Å². The summed E-state index contributed by atoms with van der Waals surface area (Å²) in [7, 11) is 2.85. The summed E-state index contributed by atoms with van der Waals surface area (Å²) in [5, 5.41) is 27.9. The summed E-state index contributed by atoms with van der Waals surface area (Å²) in [4.78, 5) is 26.1. The van der Waals surface area contributed by atoms with Crippen LogP contribution >= 0.6 is 0 Å². The topological polar surface area (TPSA) is 138 Å². The highest BCUT2D eigenvalue weighted by Gasteiger charge is 2.27. The highest BCUT2D eigenvalue weighted by Crippen LogP contribution is 2.38. The maximum atomic E-state index is 13.5. The predicted molar refractivity (Wildman–Crippen MR) is 180 cm³/mol. The molecule has 0 bridgehead atoms. The number of carbonyl (C=O) groups is 2. The van der Waals surface area contributed by atoms with Crippen LogP contribution in [-0.4, -0.2) is 68.8 Å². The number of hydrogen-bond acceptors (Lipinski definition) is 8. The monoisotopic (exact) mass is 621 g/mol. The number of ether oxygens (including phenoxy) is 3. The van der Waals surface area contributed by atoms with Crippen LogP contribution in [0.25, 0.3) is 11.1 Å². The van der Waals surface area contributed by atoms with Gasteiger partial charge in [-0.15, -0.1) is 0 Å². The van der Waals surface area contributed by atoms with E-state index in [1.165, 1.54) is 27.8 Å². The second-order valence-corrected chi connectivity index (χ2v) is 11.0. The summed E-state index contributed by atoms with van der Waals surface area (Å²) >= 11 is 0. The van der Waals surface area contributed by atoms with Gasteiger partial charge in [0.2, 0.25) is 17.6 Å². The van der Waals surface area contributed by atoms with Crippen molar-refractivity contribution in [3.05, 3.63) is 72.3 Å². The second kappa shape index (κ2) is 19.2.